The van der Waals surface area contributed by atoms with Gasteiger partial charge >= 0.3 is 0 Å². The SMILES string of the molecule is CC(C)N(C)S(=O)(=O)N1CCN(c2ccc(N)cc2)CC1. The lowest BCUT2D eigenvalue weighted by molar-refractivity contribution is 0.323. The summed E-state index contributed by atoms with van der Waals surface area (Å²) < 4.78 is 27.8. The minimum atomic E-state index is -3.35. The summed E-state index contributed by atoms with van der Waals surface area (Å²) in [7, 11) is -1.72. The first-order valence-electron chi connectivity index (χ1n) is 7.16. The van der Waals surface area contributed by atoms with E-state index < -0.39 is 10.2 Å². The molecule has 0 atom stereocenters. The van der Waals surface area contributed by atoms with E-state index in [0.29, 0.717) is 26.2 Å². The van der Waals surface area contributed by atoms with E-state index in [1.807, 2.05) is 38.1 Å². The van der Waals surface area contributed by atoms with E-state index in [0.717, 1.165) is 11.4 Å². The van der Waals surface area contributed by atoms with Crippen molar-refractivity contribution >= 4 is 21.6 Å². The van der Waals surface area contributed by atoms with Crippen LogP contribution in [-0.4, -0.2) is 56.3 Å². The summed E-state index contributed by atoms with van der Waals surface area (Å²) in [5.74, 6) is 0. The number of rotatable bonds is 4. The summed E-state index contributed by atoms with van der Waals surface area (Å²) in [6.07, 6.45) is 0. The third-order valence-corrected chi connectivity index (χ3v) is 6.08. The Morgan fingerprint density at radius 2 is 1.62 bits per heavy atom. The van der Waals surface area contributed by atoms with E-state index in [1.165, 1.54) is 4.31 Å². The zero-order valence-electron chi connectivity index (χ0n) is 12.9. The largest absolute Gasteiger partial charge is 0.399 e. The molecule has 118 valence electrons. The molecule has 1 aliphatic rings. The molecule has 0 unspecified atom stereocenters. The quantitative estimate of drug-likeness (QED) is 0.841. The Morgan fingerprint density at radius 1 is 1.10 bits per heavy atom. The van der Waals surface area contributed by atoms with Crippen LogP contribution in [-0.2, 0) is 10.2 Å². The fraction of sp³-hybridized carbons (Fsp3) is 0.571. The van der Waals surface area contributed by atoms with Gasteiger partial charge in [-0.15, -0.1) is 0 Å². The number of nitrogen functional groups attached to an aromatic ring is 1. The first kappa shape index (κ1) is 16.1. The Morgan fingerprint density at radius 3 is 2.10 bits per heavy atom. The van der Waals surface area contributed by atoms with Crippen LogP contribution in [0.3, 0.4) is 0 Å². The summed E-state index contributed by atoms with van der Waals surface area (Å²) in [4.78, 5) is 2.18. The van der Waals surface area contributed by atoms with E-state index in [2.05, 4.69) is 4.90 Å². The lowest BCUT2D eigenvalue weighted by Gasteiger charge is -2.37. The highest BCUT2D eigenvalue weighted by molar-refractivity contribution is 7.86. The minimum Gasteiger partial charge on any atom is -0.399 e. The molecule has 1 fully saturated rings. The minimum absolute atomic E-state index is 0.0369. The molecular formula is C14H24N4O2S. The van der Waals surface area contributed by atoms with E-state index in [4.69, 9.17) is 5.73 Å². The first-order valence-corrected chi connectivity index (χ1v) is 8.55. The predicted molar refractivity (Wildman–Crippen MR) is 86.5 cm³/mol. The maximum atomic E-state index is 12.4. The number of piperazine rings is 1. The van der Waals surface area contributed by atoms with Gasteiger partial charge in [-0.25, -0.2) is 0 Å². The lowest BCUT2D eigenvalue weighted by Crippen LogP contribution is -2.53. The summed E-state index contributed by atoms with van der Waals surface area (Å²) in [5.41, 5.74) is 7.50. The second-order valence-electron chi connectivity index (χ2n) is 5.60. The van der Waals surface area contributed by atoms with Crippen molar-refractivity contribution in [1.29, 1.82) is 0 Å². The second kappa shape index (κ2) is 6.21. The van der Waals surface area contributed by atoms with E-state index in [1.54, 1.807) is 11.4 Å². The molecule has 1 saturated heterocycles. The number of nitrogens with two attached hydrogens (primary N) is 1. The van der Waals surface area contributed by atoms with E-state index >= 15 is 0 Å². The Hall–Kier alpha value is -1.31. The van der Waals surface area contributed by atoms with Crippen molar-refractivity contribution in [3.63, 3.8) is 0 Å². The van der Waals surface area contributed by atoms with Crippen LogP contribution in [0.15, 0.2) is 24.3 Å². The summed E-state index contributed by atoms with van der Waals surface area (Å²) >= 11 is 0. The van der Waals surface area contributed by atoms with Gasteiger partial charge in [0.25, 0.3) is 10.2 Å². The maximum Gasteiger partial charge on any atom is 0.282 e. The molecule has 0 amide bonds. The fourth-order valence-corrected chi connectivity index (χ4v) is 3.83. The van der Waals surface area contributed by atoms with Crippen LogP contribution in [0.2, 0.25) is 0 Å². The van der Waals surface area contributed by atoms with Crippen LogP contribution in [0.4, 0.5) is 11.4 Å². The third kappa shape index (κ3) is 3.48. The monoisotopic (exact) mass is 312 g/mol. The molecule has 0 spiro atoms. The van der Waals surface area contributed by atoms with Gasteiger partial charge in [0.15, 0.2) is 0 Å². The molecule has 0 aliphatic carbocycles. The van der Waals surface area contributed by atoms with Crippen LogP contribution in [0, 0.1) is 0 Å². The van der Waals surface area contributed by atoms with Crippen LogP contribution < -0.4 is 10.6 Å². The van der Waals surface area contributed by atoms with Crippen molar-refractivity contribution in [1.82, 2.24) is 8.61 Å². The number of hydrogen-bond donors (Lipinski definition) is 1. The molecule has 1 aromatic rings. The Bertz CT molecular complexity index is 563. The second-order valence-corrected chi connectivity index (χ2v) is 7.58. The number of benzene rings is 1. The van der Waals surface area contributed by atoms with Crippen molar-refractivity contribution in [3.8, 4) is 0 Å². The van der Waals surface area contributed by atoms with E-state index in [9.17, 15) is 8.42 Å². The van der Waals surface area contributed by atoms with Gasteiger partial charge in [-0.3, -0.25) is 0 Å². The molecule has 2 N–H and O–H groups in total. The standard InChI is InChI=1S/C14H24N4O2S/c1-12(2)16(3)21(19,20)18-10-8-17(9-11-18)14-6-4-13(15)5-7-14/h4-7,12H,8-11,15H2,1-3H3. The molecule has 6 nitrogen and oxygen atoms in total. The number of hydrogen-bond acceptors (Lipinski definition) is 4. The molecule has 0 radical (unpaired) electrons. The first-order chi connectivity index (χ1) is 9.82. The zero-order valence-corrected chi connectivity index (χ0v) is 13.7. The number of anilines is 2. The molecule has 0 aromatic heterocycles. The van der Waals surface area contributed by atoms with Gasteiger partial charge in [0.1, 0.15) is 0 Å². The number of nitrogens with zero attached hydrogens (tertiary/aromatic N) is 3. The summed E-state index contributed by atoms with van der Waals surface area (Å²) in [6.45, 7) is 6.14. The molecular weight excluding hydrogens is 288 g/mol. The average molecular weight is 312 g/mol. The van der Waals surface area contributed by atoms with Gasteiger partial charge in [0.05, 0.1) is 0 Å². The van der Waals surface area contributed by atoms with Gasteiger partial charge in [-0.05, 0) is 38.1 Å². The van der Waals surface area contributed by atoms with Gasteiger partial charge in [0, 0.05) is 50.6 Å². The van der Waals surface area contributed by atoms with Crippen molar-refractivity contribution in [2.45, 2.75) is 19.9 Å². The van der Waals surface area contributed by atoms with Gasteiger partial charge in [-0.2, -0.15) is 17.0 Å². The molecule has 21 heavy (non-hydrogen) atoms. The van der Waals surface area contributed by atoms with Crippen molar-refractivity contribution in [2.24, 2.45) is 0 Å². The van der Waals surface area contributed by atoms with Crippen LogP contribution in [0.25, 0.3) is 0 Å². The normalized spacial score (nSPS) is 17.7. The lowest BCUT2D eigenvalue weighted by atomic mass is 10.2. The Labute approximate surface area is 127 Å². The zero-order chi connectivity index (χ0) is 15.6. The highest BCUT2D eigenvalue weighted by Crippen LogP contribution is 2.20. The van der Waals surface area contributed by atoms with Crippen LogP contribution in [0.1, 0.15) is 13.8 Å². The topological polar surface area (TPSA) is 69.9 Å². The molecule has 0 bridgehead atoms. The van der Waals surface area contributed by atoms with Crippen LogP contribution in [0.5, 0.6) is 0 Å². The maximum absolute atomic E-state index is 12.4. The Balaban J connectivity index is 2.02. The smallest absolute Gasteiger partial charge is 0.282 e. The average Bonchev–Trinajstić information content (AvgIpc) is 2.47. The van der Waals surface area contributed by atoms with E-state index in [-0.39, 0.29) is 6.04 Å². The molecule has 1 heterocycles. The van der Waals surface area contributed by atoms with Crippen molar-refractivity contribution < 1.29 is 8.42 Å². The van der Waals surface area contributed by atoms with Gasteiger partial charge < -0.3 is 10.6 Å². The molecule has 2 rings (SSSR count). The van der Waals surface area contributed by atoms with Gasteiger partial charge in [0.2, 0.25) is 0 Å². The molecule has 1 aromatic carbocycles. The van der Waals surface area contributed by atoms with Crippen LogP contribution >= 0.6 is 0 Å². The van der Waals surface area contributed by atoms with Crippen molar-refractivity contribution in [2.75, 3.05) is 43.9 Å². The van der Waals surface area contributed by atoms with Crippen molar-refractivity contribution in [3.05, 3.63) is 24.3 Å². The van der Waals surface area contributed by atoms with Gasteiger partial charge in [-0.1, -0.05) is 0 Å². The highest BCUT2D eigenvalue weighted by Gasteiger charge is 2.31. The molecule has 7 heteroatoms. The summed E-state index contributed by atoms with van der Waals surface area (Å²) in [5, 5.41) is 0. The third-order valence-electron chi connectivity index (χ3n) is 3.91. The summed E-state index contributed by atoms with van der Waals surface area (Å²) in [6, 6.07) is 7.64. The predicted octanol–water partition coefficient (Wildman–Crippen LogP) is 0.976. The molecule has 0 saturated carbocycles. The highest BCUT2D eigenvalue weighted by atomic mass is 32.2. The molecule has 1 aliphatic heterocycles. The fourth-order valence-electron chi connectivity index (χ4n) is 2.31. The Kier molecular flexibility index (Phi) is 4.75.